The lowest BCUT2D eigenvalue weighted by atomic mass is 10.0. The van der Waals surface area contributed by atoms with Crippen molar-refractivity contribution in [2.45, 2.75) is 19.8 Å². The number of aromatic amines is 1. The Morgan fingerprint density at radius 2 is 2.30 bits per heavy atom. The van der Waals surface area contributed by atoms with E-state index in [-0.39, 0.29) is 0 Å². The predicted octanol–water partition coefficient (Wildman–Crippen LogP) is 2.59. The molecule has 6 heteroatoms. The molecule has 3 aromatic rings. The number of nitrogens with zero attached hydrogens (tertiary/aromatic N) is 5. The Labute approximate surface area is 134 Å². The normalized spacial score (nSPS) is 26.0. The SMILES string of the molecule is CCC12CC1CN(c1ncnc3[nH]cc(-c4ccn(C)n4)c13)C2. The van der Waals surface area contributed by atoms with Gasteiger partial charge in [-0.3, -0.25) is 4.68 Å². The van der Waals surface area contributed by atoms with Crippen molar-refractivity contribution in [3.63, 3.8) is 0 Å². The van der Waals surface area contributed by atoms with Crippen LogP contribution in [0.15, 0.2) is 24.8 Å². The summed E-state index contributed by atoms with van der Waals surface area (Å²) in [5.41, 5.74) is 3.48. The summed E-state index contributed by atoms with van der Waals surface area (Å²) in [6.07, 6.45) is 8.28. The number of fused-ring (bicyclic) bond motifs is 2. The predicted molar refractivity (Wildman–Crippen MR) is 89.1 cm³/mol. The summed E-state index contributed by atoms with van der Waals surface area (Å²) < 4.78 is 1.83. The summed E-state index contributed by atoms with van der Waals surface area (Å²) >= 11 is 0. The molecule has 1 saturated heterocycles. The summed E-state index contributed by atoms with van der Waals surface area (Å²) in [4.78, 5) is 14.8. The molecule has 23 heavy (non-hydrogen) atoms. The number of H-pyrrole nitrogens is 1. The van der Waals surface area contributed by atoms with E-state index in [0.29, 0.717) is 5.41 Å². The number of piperidine rings is 1. The lowest BCUT2D eigenvalue weighted by molar-refractivity contribution is 0.509. The zero-order chi connectivity index (χ0) is 15.6. The lowest BCUT2D eigenvalue weighted by Gasteiger charge is -2.22. The van der Waals surface area contributed by atoms with E-state index in [9.17, 15) is 0 Å². The largest absolute Gasteiger partial charge is 0.355 e. The summed E-state index contributed by atoms with van der Waals surface area (Å²) in [5.74, 6) is 1.90. The Kier molecular flexibility index (Phi) is 2.47. The first-order valence-electron chi connectivity index (χ1n) is 8.27. The molecule has 2 unspecified atom stereocenters. The second-order valence-electron chi connectivity index (χ2n) is 7.00. The lowest BCUT2D eigenvalue weighted by Crippen LogP contribution is -2.25. The Balaban J connectivity index is 1.63. The molecule has 2 fully saturated rings. The van der Waals surface area contributed by atoms with Crippen LogP contribution in [0.2, 0.25) is 0 Å². The third kappa shape index (κ3) is 1.77. The van der Waals surface area contributed by atoms with Crippen molar-refractivity contribution in [1.82, 2.24) is 24.7 Å². The number of aryl methyl sites for hydroxylation is 1. The third-order valence-electron chi connectivity index (χ3n) is 5.75. The number of aromatic nitrogens is 5. The standard InChI is InChI=1S/C17H20N6/c1-3-17-6-11(17)8-23(9-17)16-14-12(13-4-5-22(2)21-13)7-18-15(14)19-10-20-16/h4-5,7,10-11H,3,6,8-9H2,1-2H3,(H,18,19,20). The van der Waals surface area contributed by atoms with Crippen molar-refractivity contribution in [3.05, 3.63) is 24.8 Å². The molecule has 0 amide bonds. The number of anilines is 1. The van der Waals surface area contributed by atoms with Gasteiger partial charge < -0.3 is 9.88 Å². The van der Waals surface area contributed by atoms with Gasteiger partial charge in [-0.1, -0.05) is 6.92 Å². The molecule has 3 aromatic heterocycles. The van der Waals surface area contributed by atoms with Crippen molar-refractivity contribution < 1.29 is 0 Å². The maximum atomic E-state index is 4.63. The highest BCUT2D eigenvalue weighted by Crippen LogP contribution is 2.60. The van der Waals surface area contributed by atoms with Gasteiger partial charge in [0.05, 0.1) is 11.1 Å². The average molecular weight is 308 g/mol. The fraction of sp³-hybridized carbons (Fsp3) is 0.471. The first kappa shape index (κ1) is 13.1. The van der Waals surface area contributed by atoms with E-state index in [2.05, 4.69) is 31.9 Å². The van der Waals surface area contributed by atoms with Gasteiger partial charge >= 0.3 is 0 Å². The van der Waals surface area contributed by atoms with Crippen LogP contribution in [0.1, 0.15) is 19.8 Å². The molecule has 1 saturated carbocycles. The zero-order valence-electron chi connectivity index (χ0n) is 13.5. The van der Waals surface area contributed by atoms with Gasteiger partial charge in [0.15, 0.2) is 0 Å². The molecule has 0 bridgehead atoms. The van der Waals surface area contributed by atoms with Gasteiger partial charge in [-0.2, -0.15) is 5.10 Å². The minimum Gasteiger partial charge on any atom is -0.355 e. The Hall–Kier alpha value is -2.37. The molecular formula is C17H20N6. The van der Waals surface area contributed by atoms with Gasteiger partial charge in [0, 0.05) is 38.1 Å². The molecule has 0 spiro atoms. The van der Waals surface area contributed by atoms with Crippen LogP contribution in [0, 0.1) is 11.3 Å². The van der Waals surface area contributed by atoms with Crippen molar-refractivity contribution in [1.29, 1.82) is 0 Å². The topological polar surface area (TPSA) is 62.6 Å². The van der Waals surface area contributed by atoms with E-state index in [1.54, 1.807) is 6.33 Å². The molecule has 4 heterocycles. The van der Waals surface area contributed by atoms with Crippen LogP contribution in [0.4, 0.5) is 5.82 Å². The molecule has 2 atom stereocenters. The second kappa shape index (κ2) is 4.34. The first-order chi connectivity index (χ1) is 11.2. The van der Waals surface area contributed by atoms with Crippen LogP contribution in [-0.2, 0) is 7.05 Å². The van der Waals surface area contributed by atoms with Gasteiger partial charge in [0.25, 0.3) is 0 Å². The smallest absolute Gasteiger partial charge is 0.143 e. The van der Waals surface area contributed by atoms with E-state index in [1.807, 2.05) is 30.2 Å². The van der Waals surface area contributed by atoms with Crippen LogP contribution in [0.5, 0.6) is 0 Å². The number of hydrogen-bond donors (Lipinski definition) is 1. The van der Waals surface area contributed by atoms with Gasteiger partial charge in [0.1, 0.15) is 17.8 Å². The van der Waals surface area contributed by atoms with Crippen molar-refractivity contribution in [2.24, 2.45) is 18.4 Å². The summed E-state index contributed by atoms with van der Waals surface area (Å²) in [6, 6.07) is 2.04. The number of hydrogen-bond acceptors (Lipinski definition) is 4. The van der Waals surface area contributed by atoms with Crippen LogP contribution in [-0.4, -0.2) is 37.8 Å². The molecule has 6 nitrogen and oxygen atoms in total. The Morgan fingerprint density at radius 1 is 1.39 bits per heavy atom. The van der Waals surface area contributed by atoms with Crippen LogP contribution in [0.25, 0.3) is 22.3 Å². The fourth-order valence-corrected chi connectivity index (χ4v) is 4.25. The molecule has 118 valence electrons. The first-order valence-corrected chi connectivity index (χ1v) is 8.27. The number of rotatable bonds is 3. The minimum atomic E-state index is 0.540. The highest BCUT2D eigenvalue weighted by Gasteiger charge is 2.58. The van der Waals surface area contributed by atoms with E-state index < -0.39 is 0 Å². The van der Waals surface area contributed by atoms with Gasteiger partial charge in [-0.15, -0.1) is 0 Å². The van der Waals surface area contributed by atoms with E-state index in [1.165, 1.54) is 12.8 Å². The van der Waals surface area contributed by atoms with Crippen LogP contribution >= 0.6 is 0 Å². The average Bonchev–Trinajstić information content (AvgIpc) is 2.97. The summed E-state index contributed by atoms with van der Waals surface area (Å²) in [7, 11) is 1.94. The maximum absolute atomic E-state index is 4.63. The Bertz CT molecular complexity index is 890. The third-order valence-corrected chi connectivity index (χ3v) is 5.75. The molecular weight excluding hydrogens is 288 g/mol. The molecule has 0 radical (unpaired) electrons. The molecule has 2 aliphatic rings. The minimum absolute atomic E-state index is 0.540. The second-order valence-corrected chi connectivity index (χ2v) is 7.00. The van der Waals surface area contributed by atoms with Gasteiger partial charge in [-0.25, -0.2) is 9.97 Å². The van der Waals surface area contributed by atoms with Crippen molar-refractivity contribution >= 4 is 16.9 Å². The van der Waals surface area contributed by atoms with Gasteiger partial charge in [-0.05, 0) is 30.2 Å². The molecule has 5 rings (SSSR count). The highest BCUT2D eigenvalue weighted by molar-refractivity contribution is 6.00. The molecule has 1 aliphatic carbocycles. The molecule has 1 aliphatic heterocycles. The monoisotopic (exact) mass is 308 g/mol. The van der Waals surface area contributed by atoms with Gasteiger partial charge in [0.2, 0.25) is 0 Å². The van der Waals surface area contributed by atoms with E-state index in [0.717, 1.165) is 47.1 Å². The summed E-state index contributed by atoms with van der Waals surface area (Å²) in [6.45, 7) is 4.55. The highest BCUT2D eigenvalue weighted by atomic mass is 15.3. The quantitative estimate of drug-likeness (QED) is 0.808. The van der Waals surface area contributed by atoms with Crippen molar-refractivity contribution in [2.75, 3.05) is 18.0 Å². The molecule has 0 aromatic carbocycles. The summed E-state index contributed by atoms with van der Waals surface area (Å²) in [5, 5.41) is 5.64. The maximum Gasteiger partial charge on any atom is 0.143 e. The Morgan fingerprint density at radius 3 is 3.04 bits per heavy atom. The fourth-order valence-electron chi connectivity index (χ4n) is 4.25. The van der Waals surface area contributed by atoms with E-state index in [4.69, 9.17) is 0 Å². The zero-order valence-corrected chi connectivity index (χ0v) is 13.5. The van der Waals surface area contributed by atoms with Crippen LogP contribution < -0.4 is 4.90 Å². The number of nitrogens with one attached hydrogen (secondary N) is 1. The van der Waals surface area contributed by atoms with E-state index >= 15 is 0 Å². The van der Waals surface area contributed by atoms with Crippen LogP contribution in [0.3, 0.4) is 0 Å². The molecule has 1 N–H and O–H groups in total. The van der Waals surface area contributed by atoms with Crippen molar-refractivity contribution in [3.8, 4) is 11.3 Å².